The van der Waals surface area contributed by atoms with Crippen molar-refractivity contribution in [1.82, 2.24) is 9.21 Å². The van der Waals surface area contributed by atoms with Crippen LogP contribution < -0.4 is 4.74 Å². The minimum Gasteiger partial charge on any atom is -0.496 e. The van der Waals surface area contributed by atoms with E-state index in [1.807, 2.05) is 0 Å². The van der Waals surface area contributed by atoms with Gasteiger partial charge in [-0.25, -0.2) is 8.42 Å². The Hall–Kier alpha value is -1.64. The number of ether oxygens (including phenoxy) is 2. The van der Waals surface area contributed by atoms with Crippen LogP contribution in [0.1, 0.15) is 17.3 Å². The van der Waals surface area contributed by atoms with Gasteiger partial charge in [-0.3, -0.25) is 4.79 Å². The molecule has 1 aromatic rings. The predicted molar refractivity (Wildman–Crippen MR) is 87.6 cm³/mol. The largest absolute Gasteiger partial charge is 0.496 e. The van der Waals surface area contributed by atoms with Crippen LogP contribution in [0.4, 0.5) is 0 Å². The second-order valence-electron chi connectivity index (χ2n) is 6.19. The Bertz CT molecular complexity index is 722. The lowest BCUT2D eigenvalue weighted by Gasteiger charge is -2.37. The molecule has 2 heterocycles. The van der Waals surface area contributed by atoms with Gasteiger partial charge in [-0.05, 0) is 24.1 Å². The average Bonchev–Trinajstić information content (AvgIpc) is 2.58. The van der Waals surface area contributed by atoms with Crippen LogP contribution in [0, 0.1) is 5.92 Å². The number of amides is 1. The second kappa shape index (κ2) is 6.70. The molecule has 2 aliphatic rings. The fraction of sp³-hybridized carbons (Fsp3) is 0.562. The molecule has 2 saturated heterocycles. The van der Waals surface area contributed by atoms with E-state index in [0.29, 0.717) is 56.6 Å². The van der Waals surface area contributed by atoms with Gasteiger partial charge in [0.25, 0.3) is 5.91 Å². The molecule has 0 radical (unpaired) electrons. The molecule has 0 atom stereocenters. The maximum Gasteiger partial charge on any atom is 0.257 e. The molecule has 1 aromatic carbocycles. The van der Waals surface area contributed by atoms with Crippen molar-refractivity contribution in [1.29, 1.82) is 0 Å². The summed E-state index contributed by atoms with van der Waals surface area (Å²) in [5.74, 6) is 0.671. The van der Waals surface area contributed by atoms with Crippen LogP contribution in [0.25, 0.3) is 0 Å². The van der Waals surface area contributed by atoms with Gasteiger partial charge in [0.05, 0.1) is 30.8 Å². The molecule has 24 heavy (non-hydrogen) atoms. The van der Waals surface area contributed by atoms with E-state index in [0.717, 1.165) is 0 Å². The monoisotopic (exact) mass is 354 g/mol. The highest BCUT2D eigenvalue weighted by Crippen LogP contribution is 2.28. The topological polar surface area (TPSA) is 76.1 Å². The number of carbonyl (C=O) groups is 1. The number of sulfonamides is 1. The first kappa shape index (κ1) is 17.2. The summed E-state index contributed by atoms with van der Waals surface area (Å²) in [4.78, 5) is 14.4. The van der Waals surface area contributed by atoms with E-state index in [-0.39, 0.29) is 10.8 Å². The maximum absolute atomic E-state index is 12.8. The Kier molecular flexibility index (Phi) is 4.80. The second-order valence-corrected chi connectivity index (χ2v) is 8.13. The van der Waals surface area contributed by atoms with Gasteiger partial charge in [-0.15, -0.1) is 0 Å². The maximum atomic E-state index is 12.8. The SMILES string of the molecule is COc1ccc(S(=O)(=O)N2CCOCC2)cc1C(=O)N1CC(C)C1. The van der Waals surface area contributed by atoms with E-state index >= 15 is 0 Å². The molecule has 8 heteroatoms. The summed E-state index contributed by atoms with van der Waals surface area (Å²) in [6, 6.07) is 4.46. The van der Waals surface area contributed by atoms with Crippen molar-refractivity contribution in [3.63, 3.8) is 0 Å². The summed E-state index contributed by atoms with van der Waals surface area (Å²) in [5.41, 5.74) is 0.290. The van der Waals surface area contributed by atoms with Crippen molar-refractivity contribution in [2.75, 3.05) is 46.5 Å². The molecule has 0 N–H and O–H groups in total. The van der Waals surface area contributed by atoms with Crippen molar-refractivity contribution in [3.05, 3.63) is 23.8 Å². The van der Waals surface area contributed by atoms with E-state index in [1.54, 1.807) is 11.0 Å². The van der Waals surface area contributed by atoms with Crippen molar-refractivity contribution >= 4 is 15.9 Å². The molecule has 7 nitrogen and oxygen atoms in total. The molecule has 0 aromatic heterocycles. The van der Waals surface area contributed by atoms with Gasteiger partial charge in [0.2, 0.25) is 10.0 Å². The molecule has 132 valence electrons. The number of methoxy groups -OCH3 is 1. The minimum atomic E-state index is -3.64. The quantitative estimate of drug-likeness (QED) is 0.800. The zero-order valence-corrected chi connectivity index (χ0v) is 14.7. The molecule has 2 fully saturated rings. The molecule has 0 bridgehead atoms. The van der Waals surface area contributed by atoms with Crippen LogP contribution in [0.3, 0.4) is 0 Å². The van der Waals surface area contributed by atoms with Crippen LogP contribution in [-0.2, 0) is 14.8 Å². The Labute approximate surface area is 142 Å². The third-order valence-electron chi connectivity index (χ3n) is 4.36. The Morgan fingerprint density at radius 3 is 2.50 bits per heavy atom. The standard InChI is InChI=1S/C16H22N2O5S/c1-12-10-17(11-12)16(19)14-9-13(3-4-15(14)22-2)24(20,21)18-5-7-23-8-6-18/h3-4,9,12H,5-8,10-11H2,1-2H3. The zero-order valence-electron chi connectivity index (χ0n) is 13.9. The lowest BCUT2D eigenvalue weighted by atomic mass is 10.0. The number of nitrogens with zero attached hydrogens (tertiary/aromatic N) is 2. The number of rotatable bonds is 4. The Morgan fingerprint density at radius 1 is 1.25 bits per heavy atom. The number of hydrogen-bond acceptors (Lipinski definition) is 5. The summed E-state index contributed by atoms with van der Waals surface area (Å²) in [5, 5.41) is 0. The highest BCUT2D eigenvalue weighted by molar-refractivity contribution is 7.89. The fourth-order valence-electron chi connectivity index (χ4n) is 2.99. The van der Waals surface area contributed by atoms with Gasteiger partial charge >= 0.3 is 0 Å². The van der Waals surface area contributed by atoms with Crippen molar-refractivity contribution in [2.24, 2.45) is 5.92 Å². The van der Waals surface area contributed by atoms with Crippen LogP contribution in [0.15, 0.2) is 23.1 Å². The molecule has 0 saturated carbocycles. The highest BCUT2D eigenvalue weighted by Gasteiger charge is 2.32. The van der Waals surface area contributed by atoms with Crippen LogP contribution >= 0.6 is 0 Å². The van der Waals surface area contributed by atoms with Gasteiger partial charge in [-0.2, -0.15) is 4.31 Å². The van der Waals surface area contributed by atoms with Crippen LogP contribution in [0.2, 0.25) is 0 Å². The van der Waals surface area contributed by atoms with Crippen molar-refractivity contribution < 1.29 is 22.7 Å². The predicted octanol–water partition coefficient (Wildman–Crippen LogP) is 0.808. The first-order valence-electron chi connectivity index (χ1n) is 7.98. The summed E-state index contributed by atoms with van der Waals surface area (Å²) < 4.78 is 37.4. The van der Waals surface area contributed by atoms with Gasteiger partial charge in [0.1, 0.15) is 5.75 Å². The zero-order chi connectivity index (χ0) is 17.3. The first-order valence-corrected chi connectivity index (χ1v) is 9.42. The molecule has 1 amide bonds. The smallest absolute Gasteiger partial charge is 0.257 e. The normalized spacial score (nSPS) is 19.8. The van der Waals surface area contributed by atoms with Gasteiger partial charge in [-0.1, -0.05) is 6.92 Å². The highest BCUT2D eigenvalue weighted by atomic mass is 32.2. The number of likely N-dealkylation sites (tertiary alicyclic amines) is 1. The van der Waals surface area contributed by atoms with Gasteiger partial charge in [0.15, 0.2) is 0 Å². The van der Waals surface area contributed by atoms with Crippen LogP contribution in [0.5, 0.6) is 5.75 Å². The first-order chi connectivity index (χ1) is 11.4. The lowest BCUT2D eigenvalue weighted by Crippen LogP contribution is -2.48. The van der Waals surface area contributed by atoms with E-state index in [9.17, 15) is 13.2 Å². The number of benzene rings is 1. The minimum absolute atomic E-state index is 0.113. The summed E-state index contributed by atoms with van der Waals surface area (Å²) >= 11 is 0. The van der Waals surface area contributed by atoms with E-state index in [4.69, 9.17) is 9.47 Å². The van der Waals surface area contributed by atoms with E-state index in [1.165, 1.54) is 23.5 Å². The summed E-state index contributed by atoms with van der Waals surface area (Å²) in [7, 11) is -2.17. The third-order valence-corrected chi connectivity index (χ3v) is 6.26. The lowest BCUT2D eigenvalue weighted by molar-refractivity contribution is 0.0526. The van der Waals surface area contributed by atoms with Crippen molar-refractivity contribution in [2.45, 2.75) is 11.8 Å². The number of morpholine rings is 1. The van der Waals surface area contributed by atoms with Crippen molar-refractivity contribution in [3.8, 4) is 5.75 Å². The van der Waals surface area contributed by atoms with Crippen LogP contribution in [-0.4, -0.2) is 70.0 Å². The summed E-state index contributed by atoms with van der Waals surface area (Å²) in [6.45, 7) is 4.84. The Balaban J connectivity index is 1.92. The molecule has 2 aliphatic heterocycles. The van der Waals surface area contributed by atoms with E-state index in [2.05, 4.69) is 6.92 Å². The molecule has 0 aliphatic carbocycles. The molecular formula is C16H22N2O5S. The molecular weight excluding hydrogens is 332 g/mol. The fourth-order valence-corrected chi connectivity index (χ4v) is 4.42. The summed E-state index contributed by atoms with van der Waals surface area (Å²) in [6.07, 6.45) is 0. The molecule has 0 unspecified atom stereocenters. The molecule has 0 spiro atoms. The number of carbonyl (C=O) groups excluding carboxylic acids is 1. The van der Waals surface area contributed by atoms with Gasteiger partial charge < -0.3 is 14.4 Å². The number of hydrogen-bond donors (Lipinski definition) is 0. The average molecular weight is 354 g/mol. The van der Waals surface area contributed by atoms with E-state index < -0.39 is 10.0 Å². The molecule has 3 rings (SSSR count). The van der Waals surface area contributed by atoms with Gasteiger partial charge in [0, 0.05) is 26.2 Å². The Morgan fingerprint density at radius 2 is 1.92 bits per heavy atom. The third kappa shape index (κ3) is 3.13.